The largest absolute Gasteiger partial charge is 0.478 e. The van der Waals surface area contributed by atoms with Crippen molar-refractivity contribution < 1.29 is 19.4 Å². The Labute approximate surface area is 165 Å². The van der Waals surface area contributed by atoms with Crippen molar-refractivity contribution in [1.82, 2.24) is 0 Å². The Balaban J connectivity index is 1.90. The molecule has 1 saturated heterocycles. The molecule has 0 unspecified atom stereocenters. The fraction of sp³-hybridized carbons (Fsp3) is 0.364. The van der Waals surface area contributed by atoms with E-state index in [0.29, 0.717) is 44.2 Å². The number of aryl methyl sites for hydroxylation is 1. The van der Waals surface area contributed by atoms with Crippen LogP contribution in [0.25, 0.3) is 0 Å². The van der Waals surface area contributed by atoms with Crippen molar-refractivity contribution in [3.8, 4) is 0 Å². The summed E-state index contributed by atoms with van der Waals surface area (Å²) in [6.07, 6.45) is 0.960. The third kappa shape index (κ3) is 4.51. The van der Waals surface area contributed by atoms with Gasteiger partial charge in [0.1, 0.15) is 0 Å². The molecule has 0 spiro atoms. The van der Waals surface area contributed by atoms with Gasteiger partial charge in [-0.05, 0) is 35.7 Å². The summed E-state index contributed by atoms with van der Waals surface area (Å²) in [5.41, 5.74) is 3.69. The van der Waals surface area contributed by atoms with E-state index in [-0.39, 0.29) is 11.5 Å². The monoisotopic (exact) mass is 382 g/mol. The number of morpholine rings is 1. The lowest BCUT2D eigenvalue weighted by Gasteiger charge is -2.31. The molecule has 1 amide bonds. The van der Waals surface area contributed by atoms with Crippen LogP contribution in [0.2, 0.25) is 0 Å². The molecule has 0 aliphatic carbocycles. The van der Waals surface area contributed by atoms with Gasteiger partial charge < -0.3 is 19.6 Å². The Morgan fingerprint density at radius 3 is 2.29 bits per heavy atom. The van der Waals surface area contributed by atoms with Gasteiger partial charge in [0.15, 0.2) is 0 Å². The van der Waals surface area contributed by atoms with E-state index in [4.69, 9.17) is 4.74 Å². The molecule has 3 rings (SSSR count). The third-order valence-corrected chi connectivity index (χ3v) is 5.03. The summed E-state index contributed by atoms with van der Waals surface area (Å²) in [6.45, 7) is 6.45. The van der Waals surface area contributed by atoms with Crippen molar-refractivity contribution in [2.75, 3.05) is 36.1 Å². The lowest BCUT2D eigenvalue weighted by molar-refractivity contribution is -0.116. The van der Waals surface area contributed by atoms with Gasteiger partial charge in [-0.15, -0.1) is 0 Å². The van der Waals surface area contributed by atoms with Gasteiger partial charge in [0.25, 0.3) is 0 Å². The number of rotatable bonds is 6. The zero-order chi connectivity index (χ0) is 20.1. The number of ether oxygens (including phenoxy) is 1. The van der Waals surface area contributed by atoms with Crippen molar-refractivity contribution in [3.05, 3.63) is 59.2 Å². The van der Waals surface area contributed by atoms with Gasteiger partial charge in [-0.3, -0.25) is 4.79 Å². The number of aromatic carboxylic acids is 1. The number of carboxylic acids is 1. The minimum absolute atomic E-state index is 0.130. The standard InChI is InChI=1S/C22H26N2O4/c1-3-17-4-6-18(7-5-17)15-24(16(2)25)19-8-9-21(20(14-19)22(26)27)23-10-12-28-13-11-23/h4-9,14H,3,10-13,15H2,1-2H3,(H,26,27). The smallest absolute Gasteiger partial charge is 0.337 e. The Morgan fingerprint density at radius 2 is 1.71 bits per heavy atom. The number of hydrogen-bond donors (Lipinski definition) is 1. The number of anilines is 2. The van der Waals surface area contributed by atoms with Crippen LogP contribution in [0.3, 0.4) is 0 Å². The molecule has 1 fully saturated rings. The van der Waals surface area contributed by atoms with Gasteiger partial charge in [-0.1, -0.05) is 31.2 Å². The highest BCUT2D eigenvalue weighted by atomic mass is 16.5. The average molecular weight is 382 g/mol. The van der Waals surface area contributed by atoms with Gasteiger partial charge in [0.2, 0.25) is 5.91 Å². The average Bonchev–Trinajstić information content (AvgIpc) is 2.72. The highest BCUT2D eigenvalue weighted by Crippen LogP contribution is 2.28. The van der Waals surface area contributed by atoms with Crippen LogP contribution >= 0.6 is 0 Å². The van der Waals surface area contributed by atoms with Crippen molar-refractivity contribution >= 4 is 23.3 Å². The molecule has 148 valence electrons. The highest BCUT2D eigenvalue weighted by Gasteiger charge is 2.21. The SMILES string of the molecule is CCc1ccc(CN(C(C)=O)c2ccc(N3CCOCC3)c(C(=O)O)c2)cc1. The summed E-state index contributed by atoms with van der Waals surface area (Å²) < 4.78 is 5.36. The molecule has 1 N–H and O–H groups in total. The van der Waals surface area contributed by atoms with Crippen LogP contribution in [-0.2, 0) is 22.5 Å². The molecule has 1 heterocycles. The number of amides is 1. The van der Waals surface area contributed by atoms with E-state index >= 15 is 0 Å². The molecule has 0 radical (unpaired) electrons. The second kappa shape index (κ2) is 8.89. The van der Waals surface area contributed by atoms with Crippen molar-refractivity contribution in [2.24, 2.45) is 0 Å². The predicted molar refractivity (Wildman–Crippen MR) is 109 cm³/mol. The molecule has 0 atom stereocenters. The van der Waals surface area contributed by atoms with Gasteiger partial charge in [0, 0.05) is 25.7 Å². The zero-order valence-corrected chi connectivity index (χ0v) is 16.4. The maximum absolute atomic E-state index is 12.3. The van der Waals surface area contributed by atoms with E-state index in [2.05, 4.69) is 19.1 Å². The Bertz CT molecular complexity index is 842. The van der Waals surface area contributed by atoms with Gasteiger partial charge >= 0.3 is 5.97 Å². The van der Waals surface area contributed by atoms with Crippen LogP contribution in [0.1, 0.15) is 35.3 Å². The maximum Gasteiger partial charge on any atom is 0.337 e. The Kier molecular flexibility index (Phi) is 6.31. The normalized spacial score (nSPS) is 14.0. The highest BCUT2D eigenvalue weighted by molar-refractivity contribution is 5.98. The molecular weight excluding hydrogens is 356 g/mol. The lowest BCUT2D eigenvalue weighted by atomic mass is 10.1. The molecule has 1 aliphatic rings. The second-order valence-corrected chi connectivity index (χ2v) is 6.88. The fourth-order valence-corrected chi connectivity index (χ4v) is 3.39. The second-order valence-electron chi connectivity index (χ2n) is 6.88. The molecule has 0 aromatic heterocycles. The molecule has 28 heavy (non-hydrogen) atoms. The predicted octanol–water partition coefficient (Wildman–Crippen LogP) is 3.34. The number of nitrogens with zero attached hydrogens (tertiary/aromatic N) is 2. The Morgan fingerprint density at radius 1 is 1.07 bits per heavy atom. The first kappa shape index (κ1) is 19.9. The quantitative estimate of drug-likeness (QED) is 0.830. The number of carbonyl (C=O) groups is 2. The summed E-state index contributed by atoms with van der Waals surface area (Å²) >= 11 is 0. The summed E-state index contributed by atoms with van der Waals surface area (Å²) in [6, 6.07) is 13.3. The van der Waals surface area contributed by atoms with E-state index in [1.807, 2.05) is 23.1 Å². The maximum atomic E-state index is 12.3. The molecule has 0 bridgehead atoms. The van der Waals surface area contributed by atoms with E-state index in [1.54, 1.807) is 17.0 Å². The van der Waals surface area contributed by atoms with E-state index in [9.17, 15) is 14.7 Å². The first-order chi connectivity index (χ1) is 13.5. The number of carbonyl (C=O) groups excluding carboxylic acids is 1. The summed E-state index contributed by atoms with van der Waals surface area (Å²) in [7, 11) is 0. The lowest BCUT2D eigenvalue weighted by Crippen LogP contribution is -2.37. The van der Waals surface area contributed by atoms with Gasteiger partial charge in [0.05, 0.1) is 31.0 Å². The first-order valence-electron chi connectivity index (χ1n) is 9.55. The van der Waals surface area contributed by atoms with Crippen LogP contribution in [0.4, 0.5) is 11.4 Å². The molecule has 2 aromatic rings. The zero-order valence-electron chi connectivity index (χ0n) is 16.4. The Hall–Kier alpha value is -2.86. The van der Waals surface area contributed by atoms with E-state index in [1.165, 1.54) is 12.5 Å². The van der Waals surface area contributed by atoms with Gasteiger partial charge in [-0.2, -0.15) is 0 Å². The molecule has 6 heteroatoms. The molecule has 6 nitrogen and oxygen atoms in total. The third-order valence-electron chi connectivity index (χ3n) is 5.03. The molecule has 2 aromatic carbocycles. The minimum atomic E-state index is -1.00. The minimum Gasteiger partial charge on any atom is -0.478 e. The summed E-state index contributed by atoms with van der Waals surface area (Å²) in [4.78, 5) is 27.8. The summed E-state index contributed by atoms with van der Waals surface area (Å²) in [5.74, 6) is -1.13. The van der Waals surface area contributed by atoms with E-state index in [0.717, 1.165) is 12.0 Å². The first-order valence-corrected chi connectivity index (χ1v) is 9.55. The molecular formula is C22H26N2O4. The topological polar surface area (TPSA) is 70.1 Å². The summed E-state index contributed by atoms with van der Waals surface area (Å²) in [5, 5.41) is 9.73. The van der Waals surface area contributed by atoms with Crippen LogP contribution in [-0.4, -0.2) is 43.3 Å². The van der Waals surface area contributed by atoms with Crippen LogP contribution in [0.5, 0.6) is 0 Å². The van der Waals surface area contributed by atoms with Crippen LogP contribution in [0, 0.1) is 0 Å². The molecule has 0 saturated carbocycles. The number of benzene rings is 2. The number of carboxylic acid groups (broad SMARTS) is 1. The van der Waals surface area contributed by atoms with Crippen molar-refractivity contribution in [2.45, 2.75) is 26.8 Å². The number of hydrogen-bond acceptors (Lipinski definition) is 4. The van der Waals surface area contributed by atoms with Crippen molar-refractivity contribution in [1.29, 1.82) is 0 Å². The van der Waals surface area contributed by atoms with Gasteiger partial charge in [-0.25, -0.2) is 4.79 Å². The molecule has 1 aliphatic heterocycles. The van der Waals surface area contributed by atoms with Crippen molar-refractivity contribution in [3.63, 3.8) is 0 Å². The fourth-order valence-electron chi connectivity index (χ4n) is 3.39. The van der Waals surface area contributed by atoms with Crippen LogP contribution in [0.15, 0.2) is 42.5 Å². The van der Waals surface area contributed by atoms with E-state index < -0.39 is 5.97 Å². The van der Waals surface area contributed by atoms with Crippen LogP contribution < -0.4 is 9.80 Å².